The number of aromatic nitrogens is 4. The van der Waals surface area contributed by atoms with Crippen molar-refractivity contribution in [3.8, 4) is 11.4 Å². The maximum absolute atomic E-state index is 11.3. The van der Waals surface area contributed by atoms with E-state index in [9.17, 15) is 4.79 Å². The molecule has 0 radical (unpaired) electrons. The van der Waals surface area contributed by atoms with E-state index in [1.165, 1.54) is 5.56 Å². The third-order valence-corrected chi connectivity index (χ3v) is 7.42. The monoisotopic (exact) mass is 555 g/mol. The van der Waals surface area contributed by atoms with Crippen LogP contribution in [0.4, 0.5) is 5.82 Å². The van der Waals surface area contributed by atoms with Crippen molar-refractivity contribution in [3.63, 3.8) is 0 Å². The number of anilines is 1. The van der Waals surface area contributed by atoms with Gasteiger partial charge in [0.25, 0.3) is 0 Å². The number of fused-ring (bicyclic) bond motifs is 2. The molecule has 0 fully saturated rings. The molecule has 0 aromatic carbocycles. The molecule has 1 aliphatic carbocycles. The second kappa shape index (κ2) is 8.63. The van der Waals surface area contributed by atoms with Crippen molar-refractivity contribution >= 4 is 65.1 Å². The number of pyridine rings is 1. The van der Waals surface area contributed by atoms with Gasteiger partial charge in [-0.15, -0.1) is 0 Å². The molecule has 0 amide bonds. The van der Waals surface area contributed by atoms with Crippen molar-refractivity contribution in [1.82, 2.24) is 18.9 Å². The summed E-state index contributed by atoms with van der Waals surface area (Å²) in [6.45, 7) is 6.40. The Kier molecular flexibility index (Phi) is 6.28. The summed E-state index contributed by atoms with van der Waals surface area (Å²) in [5.41, 5.74) is 3.91. The third kappa shape index (κ3) is 4.18. The van der Waals surface area contributed by atoms with Gasteiger partial charge in [-0.25, -0.2) is 15.0 Å². The quantitative estimate of drug-likeness (QED) is 0.302. The van der Waals surface area contributed by atoms with E-state index < -0.39 is 0 Å². The lowest BCUT2D eigenvalue weighted by molar-refractivity contribution is -0.108. The molecule has 0 aliphatic heterocycles. The van der Waals surface area contributed by atoms with Gasteiger partial charge in [-0.3, -0.25) is 3.97 Å². The van der Waals surface area contributed by atoms with Crippen LogP contribution >= 0.6 is 41.9 Å². The van der Waals surface area contributed by atoms with Crippen molar-refractivity contribution in [2.24, 2.45) is 5.41 Å². The van der Waals surface area contributed by atoms with E-state index in [1.807, 2.05) is 16.2 Å². The van der Waals surface area contributed by atoms with Crippen LogP contribution < -0.4 is 5.32 Å². The molecule has 0 spiro atoms. The van der Waals surface area contributed by atoms with Gasteiger partial charge in [0.05, 0.1) is 5.02 Å². The normalized spacial score (nSPS) is 14.7. The number of hydrogen-bond acceptors (Lipinski definition) is 6. The highest BCUT2D eigenvalue weighted by molar-refractivity contribution is 14.2. The molecule has 158 valence electrons. The summed E-state index contributed by atoms with van der Waals surface area (Å²) in [5.74, 6) is 1.50. The highest BCUT2D eigenvalue weighted by atomic mass is 127. The number of aldehydes is 1. The Balaban J connectivity index is 1.85. The summed E-state index contributed by atoms with van der Waals surface area (Å²) < 4.78 is 2.00. The van der Waals surface area contributed by atoms with Crippen LogP contribution in [0, 0.1) is 5.41 Å². The minimum atomic E-state index is -0.0805. The SMILES string of the molecule is CC(C)(C)C(CC=O)Nc1nc(-c2cn(SI)c3ncc(Cl)cc23)nc2c1CCC2. The van der Waals surface area contributed by atoms with Crippen LogP contribution in [0.15, 0.2) is 18.5 Å². The van der Waals surface area contributed by atoms with Crippen LogP contribution in [-0.2, 0) is 17.6 Å². The Hall–Kier alpha value is -1.39. The van der Waals surface area contributed by atoms with Crippen LogP contribution in [0.2, 0.25) is 5.02 Å². The molecule has 9 heteroatoms. The summed E-state index contributed by atoms with van der Waals surface area (Å²) in [5, 5.41) is 5.08. The molecule has 0 saturated heterocycles. The summed E-state index contributed by atoms with van der Waals surface area (Å²) in [6, 6.07) is 1.90. The maximum Gasteiger partial charge on any atom is 0.164 e. The fourth-order valence-corrected chi connectivity index (χ4v) is 5.26. The minimum Gasteiger partial charge on any atom is -0.366 e. The van der Waals surface area contributed by atoms with Crippen LogP contribution in [0.25, 0.3) is 22.4 Å². The first-order valence-corrected chi connectivity index (χ1v) is 13.6. The number of aryl methyl sites for hydroxylation is 1. The third-order valence-electron chi connectivity index (χ3n) is 5.52. The van der Waals surface area contributed by atoms with Gasteiger partial charge in [0.15, 0.2) is 11.5 Å². The average molecular weight is 556 g/mol. The summed E-state index contributed by atoms with van der Waals surface area (Å²) in [4.78, 5) is 25.6. The van der Waals surface area contributed by atoms with Gasteiger partial charge in [0.1, 0.15) is 12.1 Å². The van der Waals surface area contributed by atoms with Crippen LogP contribution in [0.3, 0.4) is 0 Å². The first-order valence-electron chi connectivity index (χ1n) is 9.88. The van der Waals surface area contributed by atoms with E-state index in [0.29, 0.717) is 17.3 Å². The summed E-state index contributed by atoms with van der Waals surface area (Å²) in [7, 11) is 1.54. The highest BCUT2D eigenvalue weighted by Crippen LogP contribution is 2.37. The number of halogens is 2. The molecule has 1 N–H and O–H groups in total. The number of carbonyl (C=O) groups excluding carboxylic acids is 1. The molecule has 3 heterocycles. The maximum atomic E-state index is 11.3. The summed E-state index contributed by atoms with van der Waals surface area (Å²) in [6.07, 6.45) is 8.03. The van der Waals surface area contributed by atoms with E-state index in [0.717, 1.165) is 53.7 Å². The molecule has 3 aromatic rings. The zero-order chi connectivity index (χ0) is 21.5. The zero-order valence-corrected chi connectivity index (χ0v) is 20.8. The molecule has 6 nitrogen and oxygen atoms in total. The topological polar surface area (TPSA) is 72.7 Å². The highest BCUT2D eigenvalue weighted by Gasteiger charge is 2.28. The van der Waals surface area contributed by atoms with Gasteiger partial charge in [-0.1, -0.05) is 32.4 Å². The molecule has 3 aromatic heterocycles. The van der Waals surface area contributed by atoms with E-state index in [1.54, 1.807) is 15.3 Å². The predicted octanol–water partition coefficient (Wildman–Crippen LogP) is 5.90. The van der Waals surface area contributed by atoms with Crippen LogP contribution in [0.5, 0.6) is 0 Å². The molecule has 0 bridgehead atoms. The predicted molar refractivity (Wildman–Crippen MR) is 132 cm³/mol. The van der Waals surface area contributed by atoms with Crippen molar-refractivity contribution in [2.45, 2.75) is 52.5 Å². The average Bonchev–Trinajstić information content (AvgIpc) is 3.30. The number of nitrogens with one attached hydrogen (secondary N) is 1. The summed E-state index contributed by atoms with van der Waals surface area (Å²) >= 11 is 8.48. The molecule has 4 rings (SSSR count). The van der Waals surface area contributed by atoms with Gasteiger partial charge in [0, 0.05) is 77.4 Å². The van der Waals surface area contributed by atoms with Crippen molar-refractivity contribution in [3.05, 3.63) is 34.7 Å². The standard InChI is InChI=1S/C21H23ClIN5OS/c1-21(2,3)17(7-8-29)26-18-13-5-4-6-16(13)25-19(27-18)15-11-28(30-23)20-14(15)9-12(22)10-24-20/h8-11,17H,4-7H2,1-3H3,(H,25,26,27). The first-order chi connectivity index (χ1) is 14.3. The van der Waals surface area contributed by atoms with Gasteiger partial charge < -0.3 is 10.1 Å². The Labute approximate surface area is 197 Å². The molecule has 1 aliphatic rings. The number of nitrogens with zero attached hydrogens (tertiary/aromatic N) is 4. The van der Waals surface area contributed by atoms with Gasteiger partial charge in [-0.2, -0.15) is 0 Å². The van der Waals surface area contributed by atoms with E-state index in [-0.39, 0.29) is 11.5 Å². The van der Waals surface area contributed by atoms with Crippen LogP contribution in [0.1, 0.15) is 44.9 Å². The fraction of sp³-hybridized carbons (Fsp3) is 0.429. The second-order valence-corrected chi connectivity index (χ2v) is 10.8. The van der Waals surface area contributed by atoms with E-state index in [2.05, 4.69) is 52.3 Å². The van der Waals surface area contributed by atoms with Crippen LogP contribution in [-0.4, -0.2) is 31.3 Å². The molecular weight excluding hydrogens is 533 g/mol. The molecule has 30 heavy (non-hydrogen) atoms. The van der Waals surface area contributed by atoms with Crippen molar-refractivity contribution in [2.75, 3.05) is 5.32 Å². The van der Waals surface area contributed by atoms with Crippen molar-refractivity contribution < 1.29 is 4.79 Å². The fourth-order valence-electron chi connectivity index (χ4n) is 3.85. The lowest BCUT2D eigenvalue weighted by atomic mass is 9.85. The van der Waals surface area contributed by atoms with E-state index in [4.69, 9.17) is 21.6 Å². The second-order valence-electron chi connectivity index (χ2n) is 8.60. The first kappa shape index (κ1) is 21.8. The lowest BCUT2D eigenvalue weighted by Gasteiger charge is -2.31. The smallest absolute Gasteiger partial charge is 0.164 e. The van der Waals surface area contributed by atoms with Crippen molar-refractivity contribution in [1.29, 1.82) is 0 Å². The van der Waals surface area contributed by atoms with E-state index >= 15 is 0 Å². The Morgan fingerprint density at radius 1 is 1.37 bits per heavy atom. The Morgan fingerprint density at radius 2 is 2.17 bits per heavy atom. The Morgan fingerprint density at radius 3 is 2.87 bits per heavy atom. The molecular formula is C21H23ClIN5OS. The lowest BCUT2D eigenvalue weighted by Crippen LogP contribution is -2.35. The minimum absolute atomic E-state index is 0.00944. The largest absolute Gasteiger partial charge is 0.366 e. The zero-order valence-electron chi connectivity index (χ0n) is 17.1. The number of hydrogen-bond donors (Lipinski definition) is 1. The number of carbonyl (C=O) groups is 1. The number of rotatable bonds is 6. The Bertz CT molecular complexity index is 1110. The van der Waals surface area contributed by atoms with Gasteiger partial charge in [0.2, 0.25) is 0 Å². The molecule has 0 saturated carbocycles. The molecule has 1 atom stereocenters. The van der Waals surface area contributed by atoms with Gasteiger partial charge in [-0.05, 0) is 30.7 Å². The van der Waals surface area contributed by atoms with Gasteiger partial charge >= 0.3 is 0 Å². The molecule has 1 unspecified atom stereocenters.